The number of thioether (sulfide) groups is 1. The maximum absolute atomic E-state index is 12.3. The van der Waals surface area contributed by atoms with E-state index in [1.807, 2.05) is 20.8 Å². The average molecular weight is 348 g/mol. The minimum Gasteiger partial charge on any atom is -0.299 e. The Morgan fingerprint density at radius 3 is 2.67 bits per heavy atom. The highest BCUT2D eigenvalue weighted by Crippen LogP contribution is 2.37. The monoisotopic (exact) mass is 348 g/mol. The third kappa shape index (κ3) is 3.84. The van der Waals surface area contributed by atoms with E-state index in [1.54, 1.807) is 24.0 Å². The van der Waals surface area contributed by atoms with E-state index in [2.05, 4.69) is 0 Å². The molecule has 0 spiro atoms. The first-order valence-electron chi connectivity index (χ1n) is 7.56. The van der Waals surface area contributed by atoms with Crippen molar-refractivity contribution in [2.45, 2.75) is 33.7 Å². The Hall–Kier alpha value is -2.15. The van der Waals surface area contributed by atoms with Crippen LogP contribution in [-0.4, -0.2) is 27.3 Å². The van der Waals surface area contributed by atoms with Gasteiger partial charge in [0.1, 0.15) is 0 Å². The molecule has 0 radical (unpaired) electrons. The number of rotatable bonds is 4. The summed E-state index contributed by atoms with van der Waals surface area (Å²) in [5.41, 5.74) is 0.115. The number of allylic oxidation sites excluding steroid dienone is 1. The van der Waals surface area contributed by atoms with E-state index in [4.69, 9.17) is 0 Å². The van der Waals surface area contributed by atoms with Gasteiger partial charge in [0, 0.05) is 23.6 Å². The Kier molecular flexibility index (Phi) is 5.13. The summed E-state index contributed by atoms with van der Waals surface area (Å²) in [6.45, 7) is 7.27. The molecular formula is C17H20N2O4S. The first-order valence-corrected chi connectivity index (χ1v) is 8.55. The van der Waals surface area contributed by atoms with Crippen molar-refractivity contribution in [3.8, 4) is 0 Å². The van der Waals surface area contributed by atoms with Crippen molar-refractivity contribution < 1.29 is 14.5 Å². The molecule has 1 atom stereocenters. The summed E-state index contributed by atoms with van der Waals surface area (Å²) in [4.78, 5) is 36.6. The summed E-state index contributed by atoms with van der Waals surface area (Å²) in [7, 11) is 0. The Labute approximate surface area is 145 Å². The first-order chi connectivity index (χ1) is 11.1. The van der Waals surface area contributed by atoms with Crippen LogP contribution in [0.3, 0.4) is 0 Å². The molecule has 128 valence electrons. The van der Waals surface area contributed by atoms with Crippen LogP contribution in [0.25, 0.3) is 0 Å². The third-order valence-corrected chi connectivity index (χ3v) is 4.80. The normalized spacial score (nSPS) is 18.1. The minimum absolute atomic E-state index is 0.0186. The first kappa shape index (κ1) is 18.2. The molecule has 1 aromatic rings. The molecule has 1 aromatic carbocycles. The fraction of sp³-hybridized carbons (Fsp3) is 0.412. The van der Waals surface area contributed by atoms with Crippen LogP contribution >= 0.6 is 11.8 Å². The minimum atomic E-state index is -0.528. The van der Waals surface area contributed by atoms with Gasteiger partial charge in [-0.3, -0.25) is 24.6 Å². The largest absolute Gasteiger partial charge is 0.299 e. The highest BCUT2D eigenvalue weighted by molar-refractivity contribution is 8.04. The van der Waals surface area contributed by atoms with Gasteiger partial charge in [0.25, 0.3) is 5.69 Å². The van der Waals surface area contributed by atoms with E-state index in [0.29, 0.717) is 10.6 Å². The topological polar surface area (TPSA) is 80.5 Å². The number of amides is 1. The maximum atomic E-state index is 12.3. The SMILES string of the molecule is C[C@H](c1cccc([N+](=O)[O-])c1)N1C(=O)CS/C1=C\C(=O)C(C)(C)C. The number of nitro benzene ring substituents is 1. The molecule has 1 saturated heterocycles. The van der Waals surface area contributed by atoms with Gasteiger partial charge in [0.2, 0.25) is 5.91 Å². The van der Waals surface area contributed by atoms with E-state index in [9.17, 15) is 19.7 Å². The summed E-state index contributed by atoms with van der Waals surface area (Å²) in [6, 6.07) is 5.84. The van der Waals surface area contributed by atoms with Crippen molar-refractivity contribution in [3.05, 3.63) is 51.0 Å². The third-order valence-electron chi connectivity index (χ3n) is 3.79. The summed E-state index contributed by atoms with van der Waals surface area (Å²) in [5.74, 6) is 0.102. The number of ketones is 1. The second kappa shape index (κ2) is 6.76. The van der Waals surface area contributed by atoms with Crippen LogP contribution in [0.15, 0.2) is 35.4 Å². The molecule has 0 bridgehead atoms. The van der Waals surface area contributed by atoms with Gasteiger partial charge in [-0.05, 0) is 12.5 Å². The van der Waals surface area contributed by atoms with E-state index in [-0.39, 0.29) is 29.2 Å². The Morgan fingerprint density at radius 2 is 2.08 bits per heavy atom. The van der Waals surface area contributed by atoms with Crippen LogP contribution in [0.2, 0.25) is 0 Å². The number of hydrogen-bond acceptors (Lipinski definition) is 5. The van der Waals surface area contributed by atoms with E-state index < -0.39 is 10.3 Å². The standard InChI is InChI=1S/C17H20N2O4S/c1-11(12-6-5-7-13(8-12)19(22)23)18-15(21)10-24-16(18)9-14(20)17(2,3)4/h5-9,11H,10H2,1-4H3/b16-9-/t11-/m1/s1. The summed E-state index contributed by atoms with van der Waals surface area (Å²) in [6.07, 6.45) is 1.50. The van der Waals surface area contributed by atoms with Crippen LogP contribution in [-0.2, 0) is 9.59 Å². The summed E-state index contributed by atoms with van der Waals surface area (Å²) >= 11 is 1.32. The lowest BCUT2D eigenvalue weighted by molar-refractivity contribution is -0.384. The molecule has 24 heavy (non-hydrogen) atoms. The van der Waals surface area contributed by atoms with Gasteiger partial charge in [-0.15, -0.1) is 0 Å². The van der Waals surface area contributed by atoms with Crippen molar-refractivity contribution in [2.24, 2.45) is 5.41 Å². The molecule has 0 unspecified atom stereocenters. The van der Waals surface area contributed by atoms with Crippen LogP contribution < -0.4 is 0 Å². The Bertz CT molecular complexity index is 722. The number of non-ortho nitro benzene ring substituents is 1. The van der Waals surface area contributed by atoms with E-state index >= 15 is 0 Å². The van der Waals surface area contributed by atoms with Gasteiger partial charge in [-0.1, -0.05) is 44.7 Å². The lowest BCUT2D eigenvalue weighted by atomic mass is 9.91. The molecule has 1 amide bonds. The maximum Gasteiger partial charge on any atom is 0.269 e. The molecule has 0 aromatic heterocycles. The van der Waals surface area contributed by atoms with Gasteiger partial charge in [-0.2, -0.15) is 0 Å². The highest BCUT2D eigenvalue weighted by atomic mass is 32.2. The highest BCUT2D eigenvalue weighted by Gasteiger charge is 2.33. The summed E-state index contributed by atoms with van der Waals surface area (Å²) in [5, 5.41) is 11.5. The zero-order valence-corrected chi connectivity index (χ0v) is 14.9. The molecule has 1 aliphatic heterocycles. The molecule has 1 heterocycles. The van der Waals surface area contributed by atoms with Crippen molar-refractivity contribution in [3.63, 3.8) is 0 Å². The molecular weight excluding hydrogens is 328 g/mol. The number of nitrogens with zero attached hydrogens (tertiary/aromatic N) is 2. The molecule has 1 fully saturated rings. The molecule has 0 saturated carbocycles. The molecule has 0 N–H and O–H groups in total. The summed E-state index contributed by atoms with van der Waals surface area (Å²) < 4.78 is 0. The van der Waals surface area contributed by atoms with Gasteiger partial charge in [0.15, 0.2) is 5.78 Å². The number of benzene rings is 1. The van der Waals surface area contributed by atoms with Gasteiger partial charge >= 0.3 is 0 Å². The molecule has 7 heteroatoms. The Balaban J connectivity index is 2.35. The van der Waals surface area contributed by atoms with E-state index in [1.165, 1.54) is 30.0 Å². The van der Waals surface area contributed by atoms with Gasteiger partial charge < -0.3 is 0 Å². The van der Waals surface area contributed by atoms with Crippen molar-refractivity contribution >= 4 is 29.1 Å². The van der Waals surface area contributed by atoms with Gasteiger partial charge in [-0.25, -0.2) is 0 Å². The lowest BCUT2D eigenvalue weighted by Gasteiger charge is -2.26. The van der Waals surface area contributed by atoms with Crippen molar-refractivity contribution in [2.75, 3.05) is 5.75 Å². The molecule has 0 aliphatic carbocycles. The molecule has 1 aliphatic rings. The number of nitro groups is 1. The second-order valence-electron chi connectivity index (χ2n) is 6.68. The van der Waals surface area contributed by atoms with E-state index in [0.717, 1.165) is 0 Å². The quantitative estimate of drug-likeness (QED) is 0.471. The van der Waals surface area contributed by atoms with Crippen LogP contribution in [0.5, 0.6) is 0 Å². The molecule has 6 nitrogen and oxygen atoms in total. The zero-order valence-electron chi connectivity index (χ0n) is 14.1. The van der Waals surface area contributed by atoms with Crippen LogP contribution in [0, 0.1) is 15.5 Å². The van der Waals surface area contributed by atoms with Crippen LogP contribution in [0.1, 0.15) is 39.3 Å². The predicted octanol–water partition coefficient (Wildman–Crippen LogP) is 3.69. The predicted molar refractivity (Wildman–Crippen MR) is 93.4 cm³/mol. The number of carbonyl (C=O) groups excluding carboxylic acids is 2. The zero-order chi connectivity index (χ0) is 18.1. The molecule has 2 rings (SSSR count). The lowest BCUT2D eigenvalue weighted by Crippen LogP contribution is -2.29. The smallest absolute Gasteiger partial charge is 0.269 e. The fourth-order valence-electron chi connectivity index (χ4n) is 2.29. The van der Waals surface area contributed by atoms with Crippen molar-refractivity contribution in [1.82, 2.24) is 4.90 Å². The van der Waals surface area contributed by atoms with Crippen molar-refractivity contribution in [1.29, 1.82) is 0 Å². The Morgan fingerprint density at radius 1 is 1.42 bits per heavy atom. The average Bonchev–Trinajstić information content (AvgIpc) is 2.86. The second-order valence-corrected chi connectivity index (χ2v) is 7.67. The number of carbonyl (C=O) groups is 2. The number of hydrogen-bond donors (Lipinski definition) is 0. The van der Waals surface area contributed by atoms with Gasteiger partial charge in [0.05, 0.1) is 21.7 Å². The fourth-order valence-corrected chi connectivity index (χ4v) is 3.29. The van der Waals surface area contributed by atoms with Crippen LogP contribution in [0.4, 0.5) is 5.69 Å².